The molecule has 0 saturated carbocycles. The SMILES string of the molecule is CC(C)(CNC(=O)CNC(=O)c1cccc(Cl)c1)N1CCCCC1. The number of hydrogen-bond acceptors (Lipinski definition) is 3. The standard InChI is InChI=1S/C18H26ClN3O2/c1-18(2,22-9-4-3-5-10-22)13-21-16(23)12-20-17(24)14-7-6-8-15(19)11-14/h6-8,11H,3-5,9-10,12-13H2,1-2H3,(H,20,24)(H,21,23). The van der Waals surface area contributed by atoms with Crippen molar-refractivity contribution >= 4 is 23.4 Å². The molecule has 2 N–H and O–H groups in total. The topological polar surface area (TPSA) is 61.4 Å². The molecular weight excluding hydrogens is 326 g/mol. The number of likely N-dealkylation sites (tertiary alicyclic amines) is 1. The summed E-state index contributed by atoms with van der Waals surface area (Å²) in [6, 6.07) is 6.65. The van der Waals surface area contributed by atoms with Gasteiger partial charge in [-0.15, -0.1) is 0 Å². The number of benzene rings is 1. The van der Waals surface area contributed by atoms with Crippen LogP contribution in [0.1, 0.15) is 43.5 Å². The molecular formula is C18H26ClN3O2. The van der Waals surface area contributed by atoms with Gasteiger partial charge in [0.2, 0.25) is 5.91 Å². The van der Waals surface area contributed by atoms with Gasteiger partial charge in [-0.2, -0.15) is 0 Å². The fourth-order valence-electron chi connectivity index (χ4n) is 2.88. The first-order valence-electron chi connectivity index (χ1n) is 8.44. The van der Waals surface area contributed by atoms with E-state index in [0.717, 1.165) is 13.1 Å². The average molecular weight is 352 g/mol. The van der Waals surface area contributed by atoms with Crippen molar-refractivity contribution in [3.8, 4) is 0 Å². The molecule has 0 bridgehead atoms. The Kier molecular flexibility index (Phi) is 6.63. The van der Waals surface area contributed by atoms with Crippen molar-refractivity contribution in [2.75, 3.05) is 26.2 Å². The second-order valence-electron chi connectivity index (χ2n) is 6.83. The molecule has 2 amide bonds. The van der Waals surface area contributed by atoms with E-state index in [0.29, 0.717) is 17.1 Å². The molecule has 0 aromatic heterocycles. The lowest BCUT2D eigenvalue weighted by atomic mass is 9.98. The number of hydrogen-bond donors (Lipinski definition) is 2. The van der Waals surface area contributed by atoms with E-state index in [1.165, 1.54) is 19.3 Å². The molecule has 1 fully saturated rings. The second kappa shape index (κ2) is 8.49. The van der Waals surface area contributed by atoms with Gasteiger partial charge in [0.05, 0.1) is 6.54 Å². The molecule has 2 rings (SSSR count). The molecule has 1 aliphatic heterocycles. The first-order valence-corrected chi connectivity index (χ1v) is 8.82. The Bertz CT molecular complexity index is 583. The van der Waals surface area contributed by atoms with Gasteiger partial charge in [-0.05, 0) is 58.0 Å². The lowest BCUT2D eigenvalue weighted by Crippen LogP contribution is -2.54. The summed E-state index contributed by atoms with van der Waals surface area (Å²) in [5, 5.41) is 6.03. The van der Waals surface area contributed by atoms with E-state index >= 15 is 0 Å². The van der Waals surface area contributed by atoms with Crippen LogP contribution in [0.5, 0.6) is 0 Å². The molecule has 6 heteroatoms. The van der Waals surface area contributed by atoms with Crippen molar-refractivity contribution in [3.05, 3.63) is 34.9 Å². The highest BCUT2D eigenvalue weighted by atomic mass is 35.5. The number of nitrogens with one attached hydrogen (secondary N) is 2. The third-order valence-electron chi connectivity index (χ3n) is 4.43. The van der Waals surface area contributed by atoms with Crippen LogP contribution in [0.4, 0.5) is 0 Å². The molecule has 1 saturated heterocycles. The van der Waals surface area contributed by atoms with E-state index in [-0.39, 0.29) is 23.9 Å². The van der Waals surface area contributed by atoms with Gasteiger partial charge in [0.15, 0.2) is 0 Å². The molecule has 1 aromatic rings. The quantitative estimate of drug-likeness (QED) is 0.827. The predicted molar refractivity (Wildman–Crippen MR) is 96.3 cm³/mol. The normalized spacial score (nSPS) is 15.8. The average Bonchev–Trinajstić information content (AvgIpc) is 2.58. The summed E-state index contributed by atoms with van der Waals surface area (Å²) in [6.45, 7) is 6.97. The summed E-state index contributed by atoms with van der Waals surface area (Å²) in [4.78, 5) is 26.4. The highest BCUT2D eigenvalue weighted by molar-refractivity contribution is 6.30. The van der Waals surface area contributed by atoms with Gasteiger partial charge >= 0.3 is 0 Å². The zero-order chi connectivity index (χ0) is 17.6. The number of amides is 2. The maximum Gasteiger partial charge on any atom is 0.251 e. The number of piperidine rings is 1. The van der Waals surface area contributed by atoms with Crippen LogP contribution in [0.2, 0.25) is 5.02 Å². The number of halogens is 1. The van der Waals surface area contributed by atoms with E-state index in [4.69, 9.17) is 11.6 Å². The smallest absolute Gasteiger partial charge is 0.251 e. The lowest BCUT2D eigenvalue weighted by molar-refractivity contribution is -0.120. The fourth-order valence-corrected chi connectivity index (χ4v) is 3.07. The van der Waals surface area contributed by atoms with Crippen molar-refractivity contribution in [2.24, 2.45) is 0 Å². The number of carbonyl (C=O) groups excluding carboxylic acids is 2. The van der Waals surface area contributed by atoms with Gasteiger partial charge in [-0.3, -0.25) is 14.5 Å². The maximum atomic E-state index is 12.0. The van der Waals surface area contributed by atoms with Gasteiger partial charge < -0.3 is 10.6 Å². The van der Waals surface area contributed by atoms with Crippen LogP contribution >= 0.6 is 11.6 Å². The summed E-state index contributed by atoms with van der Waals surface area (Å²) in [5.41, 5.74) is 0.372. The fraction of sp³-hybridized carbons (Fsp3) is 0.556. The minimum absolute atomic E-state index is 0.0403. The molecule has 1 aromatic carbocycles. The Morgan fingerprint density at radius 3 is 2.54 bits per heavy atom. The molecule has 24 heavy (non-hydrogen) atoms. The molecule has 0 spiro atoms. The van der Waals surface area contributed by atoms with Crippen LogP contribution < -0.4 is 10.6 Å². The van der Waals surface area contributed by atoms with Crippen molar-refractivity contribution < 1.29 is 9.59 Å². The molecule has 0 radical (unpaired) electrons. The summed E-state index contributed by atoms with van der Waals surface area (Å²) >= 11 is 5.86. The van der Waals surface area contributed by atoms with E-state index in [1.54, 1.807) is 24.3 Å². The van der Waals surface area contributed by atoms with Gasteiger partial charge in [0.1, 0.15) is 0 Å². The van der Waals surface area contributed by atoms with Crippen LogP contribution in [-0.4, -0.2) is 48.4 Å². The second-order valence-corrected chi connectivity index (χ2v) is 7.27. The molecule has 0 aliphatic carbocycles. The van der Waals surface area contributed by atoms with Crippen molar-refractivity contribution in [1.29, 1.82) is 0 Å². The molecule has 5 nitrogen and oxygen atoms in total. The predicted octanol–water partition coefficient (Wildman–Crippen LogP) is 2.45. The molecule has 0 unspecified atom stereocenters. The highest BCUT2D eigenvalue weighted by Crippen LogP contribution is 2.19. The van der Waals surface area contributed by atoms with Gasteiger partial charge in [0.25, 0.3) is 5.91 Å². The van der Waals surface area contributed by atoms with Crippen LogP contribution in [0.15, 0.2) is 24.3 Å². The summed E-state index contributed by atoms with van der Waals surface area (Å²) < 4.78 is 0. The Balaban J connectivity index is 1.75. The van der Waals surface area contributed by atoms with Gasteiger partial charge in [-0.25, -0.2) is 0 Å². The molecule has 132 valence electrons. The van der Waals surface area contributed by atoms with Crippen molar-refractivity contribution in [2.45, 2.75) is 38.6 Å². The lowest BCUT2D eigenvalue weighted by Gasteiger charge is -2.41. The zero-order valence-corrected chi connectivity index (χ0v) is 15.2. The largest absolute Gasteiger partial charge is 0.353 e. The third kappa shape index (κ3) is 5.49. The summed E-state index contributed by atoms with van der Waals surface area (Å²) in [7, 11) is 0. The van der Waals surface area contributed by atoms with Gasteiger partial charge in [0, 0.05) is 22.7 Å². The Hall–Kier alpha value is -1.59. The Labute approximate surface area is 148 Å². The summed E-state index contributed by atoms with van der Waals surface area (Å²) in [5.74, 6) is -0.488. The van der Waals surface area contributed by atoms with E-state index in [2.05, 4.69) is 29.4 Å². The maximum absolute atomic E-state index is 12.0. The first kappa shape index (κ1) is 18.7. The van der Waals surface area contributed by atoms with Crippen LogP contribution in [0.25, 0.3) is 0 Å². The number of carbonyl (C=O) groups is 2. The van der Waals surface area contributed by atoms with Crippen molar-refractivity contribution in [3.63, 3.8) is 0 Å². The minimum Gasteiger partial charge on any atom is -0.353 e. The minimum atomic E-state index is -0.303. The van der Waals surface area contributed by atoms with E-state index in [9.17, 15) is 9.59 Å². The monoisotopic (exact) mass is 351 g/mol. The van der Waals surface area contributed by atoms with E-state index in [1.807, 2.05) is 0 Å². The Morgan fingerprint density at radius 2 is 1.88 bits per heavy atom. The van der Waals surface area contributed by atoms with Gasteiger partial charge in [-0.1, -0.05) is 24.1 Å². The summed E-state index contributed by atoms with van der Waals surface area (Å²) in [6.07, 6.45) is 3.72. The Morgan fingerprint density at radius 1 is 1.17 bits per heavy atom. The zero-order valence-electron chi connectivity index (χ0n) is 14.4. The first-order chi connectivity index (χ1) is 11.4. The van der Waals surface area contributed by atoms with Crippen molar-refractivity contribution in [1.82, 2.24) is 15.5 Å². The number of nitrogens with zero attached hydrogens (tertiary/aromatic N) is 1. The molecule has 0 atom stereocenters. The van der Waals surface area contributed by atoms with E-state index < -0.39 is 0 Å². The third-order valence-corrected chi connectivity index (χ3v) is 4.66. The van der Waals surface area contributed by atoms with Crippen LogP contribution in [-0.2, 0) is 4.79 Å². The van der Waals surface area contributed by atoms with Crippen LogP contribution in [0.3, 0.4) is 0 Å². The van der Waals surface area contributed by atoms with Crippen LogP contribution in [0, 0.1) is 0 Å². The molecule has 1 heterocycles. The number of rotatable bonds is 6. The highest BCUT2D eigenvalue weighted by Gasteiger charge is 2.28. The molecule has 1 aliphatic rings.